The van der Waals surface area contributed by atoms with Gasteiger partial charge in [-0.25, -0.2) is 18.0 Å². The molecule has 2 aromatic rings. The molecule has 0 saturated carbocycles. The molecule has 1 aliphatic heterocycles. The Morgan fingerprint density at radius 2 is 1.83 bits per heavy atom. The maximum absolute atomic E-state index is 13.2. The van der Waals surface area contributed by atoms with Crippen LogP contribution in [0, 0.1) is 17.5 Å². The summed E-state index contributed by atoms with van der Waals surface area (Å²) in [6, 6.07) is 8.01. The number of rotatable bonds is 3. The van der Waals surface area contributed by atoms with Gasteiger partial charge in [-0.1, -0.05) is 12.1 Å². The summed E-state index contributed by atoms with van der Waals surface area (Å²) >= 11 is 0. The summed E-state index contributed by atoms with van der Waals surface area (Å²) in [7, 11) is 0. The van der Waals surface area contributed by atoms with Crippen LogP contribution in [0.2, 0.25) is 0 Å². The van der Waals surface area contributed by atoms with E-state index < -0.39 is 29.3 Å². The zero-order valence-corrected chi connectivity index (χ0v) is 12.2. The van der Waals surface area contributed by atoms with Gasteiger partial charge in [-0.2, -0.15) is 0 Å². The fourth-order valence-electron chi connectivity index (χ4n) is 2.34. The summed E-state index contributed by atoms with van der Waals surface area (Å²) in [6.45, 7) is -0.386. The predicted octanol–water partition coefficient (Wildman–Crippen LogP) is 2.47. The van der Waals surface area contributed by atoms with E-state index in [0.29, 0.717) is 23.6 Å². The Morgan fingerprint density at radius 3 is 2.54 bits per heavy atom. The number of benzene rings is 2. The van der Waals surface area contributed by atoms with Crippen molar-refractivity contribution in [1.82, 2.24) is 0 Å². The molecule has 0 aromatic heterocycles. The SMILES string of the molecule is O=C(CN1CC(=O)Oc2ccccc21)Nc1cc(F)c(F)c(F)c1. The predicted molar refractivity (Wildman–Crippen MR) is 79.2 cm³/mol. The number of esters is 1. The lowest BCUT2D eigenvalue weighted by Gasteiger charge is -2.29. The minimum atomic E-state index is -1.61. The van der Waals surface area contributed by atoms with Crippen LogP contribution in [0.3, 0.4) is 0 Å². The van der Waals surface area contributed by atoms with Gasteiger partial charge in [-0.15, -0.1) is 0 Å². The lowest BCUT2D eigenvalue weighted by atomic mass is 10.2. The second-order valence-corrected chi connectivity index (χ2v) is 5.10. The number of para-hydroxylation sites is 2. The normalized spacial score (nSPS) is 13.3. The highest BCUT2D eigenvalue weighted by molar-refractivity contribution is 5.96. The number of nitrogens with zero attached hydrogens (tertiary/aromatic N) is 1. The number of ether oxygens (including phenoxy) is 1. The molecule has 24 heavy (non-hydrogen) atoms. The van der Waals surface area contributed by atoms with Crippen LogP contribution in [0.5, 0.6) is 5.75 Å². The molecule has 0 aliphatic carbocycles. The topological polar surface area (TPSA) is 58.6 Å². The van der Waals surface area contributed by atoms with Crippen molar-refractivity contribution in [2.45, 2.75) is 0 Å². The first-order chi connectivity index (χ1) is 11.4. The summed E-state index contributed by atoms with van der Waals surface area (Å²) in [5.41, 5.74) is 0.327. The van der Waals surface area contributed by atoms with Crippen LogP contribution in [0.25, 0.3) is 0 Å². The van der Waals surface area contributed by atoms with Gasteiger partial charge in [-0.05, 0) is 12.1 Å². The van der Waals surface area contributed by atoms with Crippen molar-refractivity contribution in [1.29, 1.82) is 0 Å². The monoisotopic (exact) mass is 336 g/mol. The van der Waals surface area contributed by atoms with Gasteiger partial charge < -0.3 is 15.0 Å². The zero-order valence-electron chi connectivity index (χ0n) is 12.2. The molecule has 0 bridgehead atoms. The smallest absolute Gasteiger partial charge is 0.331 e. The Morgan fingerprint density at radius 1 is 1.17 bits per heavy atom. The van der Waals surface area contributed by atoms with Gasteiger partial charge in [0.2, 0.25) is 5.91 Å². The number of anilines is 2. The van der Waals surface area contributed by atoms with Crippen molar-refractivity contribution in [2.75, 3.05) is 23.3 Å². The molecule has 1 aliphatic rings. The number of fused-ring (bicyclic) bond motifs is 1. The first-order valence-electron chi connectivity index (χ1n) is 6.93. The number of carbonyl (C=O) groups is 2. The Hall–Kier alpha value is -3.03. The summed E-state index contributed by atoms with van der Waals surface area (Å²) in [6.07, 6.45) is 0. The lowest BCUT2D eigenvalue weighted by Crippen LogP contribution is -2.41. The van der Waals surface area contributed by atoms with Gasteiger partial charge >= 0.3 is 5.97 Å². The lowest BCUT2D eigenvalue weighted by molar-refractivity contribution is -0.133. The maximum atomic E-state index is 13.2. The van der Waals surface area contributed by atoms with E-state index in [4.69, 9.17) is 4.74 Å². The summed E-state index contributed by atoms with van der Waals surface area (Å²) in [4.78, 5) is 25.1. The van der Waals surface area contributed by atoms with E-state index in [0.717, 1.165) is 0 Å². The standard InChI is InChI=1S/C16H11F3N2O3/c17-10-5-9(6-11(18)16(10)19)20-14(22)7-21-8-15(23)24-13-4-2-1-3-12(13)21/h1-6H,7-8H2,(H,20,22). The zero-order chi connectivity index (χ0) is 17.3. The minimum absolute atomic E-state index is 0.142. The van der Waals surface area contributed by atoms with Gasteiger partial charge in [0.05, 0.1) is 12.2 Å². The van der Waals surface area contributed by atoms with Crippen molar-refractivity contribution >= 4 is 23.3 Å². The summed E-state index contributed by atoms with van der Waals surface area (Å²) in [5, 5.41) is 2.26. The molecule has 124 valence electrons. The first-order valence-corrected chi connectivity index (χ1v) is 6.93. The highest BCUT2D eigenvalue weighted by Crippen LogP contribution is 2.31. The number of nitrogens with one attached hydrogen (secondary N) is 1. The third kappa shape index (κ3) is 3.17. The highest BCUT2D eigenvalue weighted by atomic mass is 19.2. The molecule has 1 N–H and O–H groups in total. The largest absolute Gasteiger partial charge is 0.423 e. The highest BCUT2D eigenvalue weighted by Gasteiger charge is 2.25. The Labute approximate surface area is 134 Å². The Balaban J connectivity index is 1.75. The van der Waals surface area contributed by atoms with Crippen molar-refractivity contribution in [3.63, 3.8) is 0 Å². The van der Waals surface area contributed by atoms with Crippen LogP contribution in [-0.4, -0.2) is 25.0 Å². The van der Waals surface area contributed by atoms with Crippen molar-refractivity contribution in [3.05, 3.63) is 53.8 Å². The Kier molecular flexibility index (Phi) is 4.11. The van der Waals surface area contributed by atoms with Gasteiger partial charge in [0.25, 0.3) is 0 Å². The molecule has 8 heteroatoms. The molecule has 0 atom stereocenters. The molecule has 0 spiro atoms. The van der Waals surface area contributed by atoms with E-state index >= 15 is 0 Å². The number of hydrogen-bond acceptors (Lipinski definition) is 4. The van der Waals surface area contributed by atoms with E-state index in [9.17, 15) is 22.8 Å². The average Bonchev–Trinajstić information content (AvgIpc) is 2.52. The van der Waals surface area contributed by atoms with Gasteiger partial charge in [-0.3, -0.25) is 4.79 Å². The molecular weight excluding hydrogens is 325 g/mol. The van der Waals surface area contributed by atoms with Gasteiger partial charge in [0.1, 0.15) is 6.54 Å². The van der Waals surface area contributed by atoms with E-state index in [1.165, 1.54) is 4.90 Å². The molecule has 0 fully saturated rings. The van der Waals surface area contributed by atoms with Crippen LogP contribution in [0.1, 0.15) is 0 Å². The van der Waals surface area contributed by atoms with Gasteiger partial charge in [0, 0.05) is 17.8 Å². The molecule has 0 saturated heterocycles. The van der Waals surface area contributed by atoms with Crippen molar-refractivity contribution in [3.8, 4) is 5.75 Å². The second-order valence-electron chi connectivity index (χ2n) is 5.10. The minimum Gasteiger partial charge on any atom is -0.423 e. The van der Waals surface area contributed by atoms with Crippen LogP contribution in [0.15, 0.2) is 36.4 Å². The molecular formula is C16H11F3N2O3. The fourth-order valence-corrected chi connectivity index (χ4v) is 2.34. The maximum Gasteiger partial charge on any atom is 0.331 e. The van der Waals surface area contributed by atoms with E-state index in [1.807, 2.05) is 0 Å². The number of carbonyl (C=O) groups excluding carboxylic acids is 2. The van der Waals surface area contributed by atoms with Crippen LogP contribution >= 0.6 is 0 Å². The molecule has 1 amide bonds. The quantitative estimate of drug-likeness (QED) is 0.531. The van der Waals surface area contributed by atoms with Crippen LogP contribution in [0.4, 0.5) is 24.5 Å². The number of amides is 1. The van der Waals surface area contributed by atoms with E-state index in [1.54, 1.807) is 24.3 Å². The molecule has 2 aromatic carbocycles. The number of hydrogen-bond donors (Lipinski definition) is 1. The van der Waals surface area contributed by atoms with E-state index in [2.05, 4.69) is 5.32 Å². The third-order valence-electron chi connectivity index (χ3n) is 3.35. The van der Waals surface area contributed by atoms with Crippen LogP contribution in [-0.2, 0) is 9.59 Å². The van der Waals surface area contributed by atoms with Crippen LogP contribution < -0.4 is 15.0 Å². The first kappa shape index (κ1) is 15.9. The van der Waals surface area contributed by atoms with E-state index in [-0.39, 0.29) is 18.8 Å². The second kappa shape index (κ2) is 6.23. The molecule has 0 unspecified atom stereocenters. The number of halogens is 3. The van der Waals surface area contributed by atoms with Crippen molar-refractivity contribution in [2.24, 2.45) is 0 Å². The molecule has 5 nitrogen and oxygen atoms in total. The van der Waals surface area contributed by atoms with Gasteiger partial charge in [0.15, 0.2) is 23.2 Å². The fraction of sp³-hybridized carbons (Fsp3) is 0.125. The molecule has 0 radical (unpaired) electrons. The Bertz CT molecular complexity index is 803. The average molecular weight is 336 g/mol. The van der Waals surface area contributed by atoms with Crippen molar-refractivity contribution < 1.29 is 27.5 Å². The molecule has 3 rings (SSSR count). The summed E-state index contributed by atoms with van der Waals surface area (Å²) in [5.74, 6) is -5.25. The third-order valence-corrected chi connectivity index (χ3v) is 3.35. The summed E-state index contributed by atoms with van der Waals surface area (Å²) < 4.78 is 44.3. The molecule has 1 heterocycles.